The molecule has 0 aliphatic heterocycles. The van der Waals surface area contributed by atoms with Crippen molar-refractivity contribution in [2.75, 3.05) is 0 Å². The van der Waals surface area contributed by atoms with Gasteiger partial charge in [-0.25, -0.2) is 4.39 Å². The SMILES string of the molecule is NCc1cc(F)cc(OCc2ccc(I)cc2)c1. The van der Waals surface area contributed by atoms with Crippen LogP contribution in [0.3, 0.4) is 0 Å². The van der Waals surface area contributed by atoms with Gasteiger partial charge in [0.05, 0.1) is 0 Å². The molecule has 2 N–H and O–H groups in total. The standard InChI is InChI=1S/C14H13FINO/c15-12-5-11(8-17)6-14(7-12)18-9-10-1-3-13(16)4-2-10/h1-7H,8-9,17H2. The molecule has 0 heterocycles. The Hall–Kier alpha value is -1.14. The molecule has 2 rings (SSSR count). The van der Waals surface area contributed by atoms with E-state index in [0.717, 1.165) is 11.1 Å². The maximum Gasteiger partial charge on any atom is 0.127 e. The molecular formula is C14H13FINO. The second kappa shape index (κ2) is 6.15. The van der Waals surface area contributed by atoms with Gasteiger partial charge >= 0.3 is 0 Å². The number of nitrogens with two attached hydrogens (primary N) is 1. The third-order valence-electron chi connectivity index (χ3n) is 2.49. The summed E-state index contributed by atoms with van der Waals surface area (Å²) < 4.78 is 20.0. The predicted octanol–water partition coefficient (Wildman–Crippen LogP) is 3.47. The Balaban J connectivity index is 2.05. The van der Waals surface area contributed by atoms with Gasteiger partial charge in [-0.05, 0) is 58.0 Å². The van der Waals surface area contributed by atoms with Crippen LogP contribution in [0.1, 0.15) is 11.1 Å². The summed E-state index contributed by atoms with van der Waals surface area (Å²) in [6.45, 7) is 0.724. The summed E-state index contributed by atoms with van der Waals surface area (Å²) >= 11 is 2.25. The summed E-state index contributed by atoms with van der Waals surface area (Å²) in [7, 11) is 0. The average molecular weight is 357 g/mol. The van der Waals surface area contributed by atoms with E-state index in [0.29, 0.717) is 18.9 Å². The van der Waals surface area contributed by atoms with Gasteiger partial charge in [-0.2, -0.15) is 0 Å². The van der Waals surface area contributed by atoms with Crippen LogP contribution in [0.15, 0.2) is 42.5 Å². The minimum Gasteiger partial charge on any atom is -0.489 e. The van der Waals surface area contributed by atoms with Crippen molar-refractivity contribution in [2.45, 2.75) is 13.2 Å². The van der Waals surface area contributed by atoms with Crippen LogP contribution in [-0.2, 0) is 13.2 Å². The first kappa shape index (κ1) is 13.3. The van der Waals surface area contributed by atoms with Crippen LogP contribution < -0.4 is 10.5 Å². The van der Waals surface area contributed by atoms with Gasteiger partial charge in [0.15, 0.2) is 0 Å². The van der Waals surface area contributed by atoms with E-state index in [1.54, 1.807) is 6.07 Å². The van der Waals surface area contributed by atoms with Crippen molar-refractivity contribution in [3.05, 3.63) is 63.0 Å². The van der Waals surface area contributed by atoms with Crippen LogP contribution in [-0.4, -0.2) is 0 Å². The van der Waals surface area contributed by atoms with Crippen molar-refractivity contribution in [3.8, 4) is 5.75 Å². The van der Waals surface area contributed by atoms with Crippen LogP contribution in [0.5, 0.6) is 5.75 Å². The van der Waals surface area contributed by atoms with Gasteiger partial charge in [-0.15, -0.1) is 0 Å². The molecule has 0 radical (unpaired) electrons. The summed E-state index contributed by atoms with van der Waals surface area (Å²) in [5.41, 5.74) is 7.27. The molecule has 2 nitrogen and oxygen atoms in total. The first-order valence-corrected chi connectivity index (χ1v) is 6.62. The zero-order chi connectivity index (χ0) is 13.0. The number of rotatable bonds is 4. The van der Waals surface area contributed by atoms with Crippen molar-refractivity contribution in [1.82, 2.24) is 0 Å². The van der Waals surface area contributed by atoms with E-state index in [4.69, 9.17) is 10.5 Å². The van der Waals surface area contributed by atoms with E-state index in [-0.39, 0.29) is 5.82 Å². The molecule has 0 aliphatic carbocycles. The highest BCUT2D eigenvalue weighted by atomic mass is 127. The molecule has 18 heavy (non-hydrogen) atoms. The molecule has 0 spiro atoms. The van der Waals surface area contributed by atoms with Gasteiger partial charge in [0.25, 0.3) is 0 Å². The fourth-order valence-electron chi connectivity index (χ4n) is 1.57. The number of ether oxygens (including phenoxy) is 1. The fourth-order valence-corrected chi connectivity index (χ4v) is 1.93. The minimum atomic E-state index is -0.324. The van der Waals surface area contributed by atoms with E-state index >= 15 is 0 Å². The molecule has 0 fully saturated rings. The number of hydrogen-bond donors (Lipinski definition) is 1. The summed E-state index contributed by atoms with van der Waals surface area (Å²) in [5.74, 6) is 0.185. The van der Waals surface area contributed by atoms with Crippen LogP contribution in [0.25, 0.3) is 0 Å². The van der Waals surface area contributed by atoms with Gasteiger partial charge in [0.2, 0.25) is 0 Å². The Morgan fingerprint density at radius 2 is 1.78 bits per heavy atom. The van der Waals surface area contributed by atoms with E-state index in [1.807, 2.05) is 24.3 Å². The van der Waals surface area contributed by atoms with Gasteiger partial charge in [0.1, 0.15) is 18.2 Å². The summed E-state index contributed by atoms with van der Waals surface area (Å²) in [5, 5.41) is 0. The van der Waals surface area contributed by atoms with Crippen LogP contribution in [0.4, 0.5) is 4.39 Å². The Morgan fingerprint density at radius 1 is 1.06 bits per heavy atom. The molecule has 0 aromatic heterocycles. The molecule has 0 amide bonds. The molecule has 0 unspecified atom stereocenters. The molecule has 0 bridgehead atoms. The Kier molecular flexibility index (Phi) is 4.54. The van der Waals surface area contributed by atoms with Crippen LogP contribution in [0.2, 0.25) is 0 Å². The minimum absolute atomic E-state index is 0.303. The lowest BCUT2D eigenvalue weighted by molar-refractivity contribution is 0.304. The largest absolute Gasteiger partial charge is 0.489 e. The van der Waals surface area contributed by atoms with Crippen LogP contribution in [0, 0.1) is 9.39 Å². The number of benzene rings is 2. The molecule has 0 saturated carbocycles. The van der Waals surface area contributed by atoms with Gasteiger partial charge < -0.3 is 10.5 Å². The maximum absolute atomic E-state index is 13.3. The molecule has 2 aromatic carbocycles. The predicted molar refractivity (Wildman–Crippen MR) is 77.8 cm³/mol. The highest BCUT2D eigenvalue weighted by Gasteiger charge is 2.01. The Labute approximate surface area is 119 Å². The van der Waals surface area contributed by atoms with Crippen molar-refractivity contribution < 1.29 is 9.13 Å². The van der Waals surface area contributed by atoms with E-state index in [9.17, 15) is 4.39 Å². The fraction of sp³-hybridized carbons (Fsp3) is 0.143. The summed E-state index contributed by atoms with van der Waals surface area (Å²) in [6.07, 6.45) is 0. The topological polar surface area (TPSA) is 35.2 Å². The zero-order valence-corrected chi connectivity index (χ0v) is 11.9. The third-order valence-corrected chi connectivity index (χ3v) is 3.20. The number of hydrogen-bond acceptors (Lipinski definition) is 2. The number of halogens is 2. The highest BCUT2D eigenvalue weighted by molar-refractivity contribution is 14.1. The summed E-state index contributed by atoms with van der Waals surface area (Å²) in [4.78, 5) is 0. The Bertz CT molecular complexity index is 528. The van der Waals surface area contributed by atoms with Crippen molar-refractivity contribution in [3.63, 3.8) is 0 Å². The lowest BCUT2D eigenvalue weighted by Gasteiger charge is -2.08. The van der Waals surface area contributed by atoms with Gasteiger partial charge in [-0.1, -0.05) is 12.1 Å². The smallest absolute Gasteiger partial charge is 0.127 e. The van der Waals surface area contributed by atoms with E-state index < -0.39 is 0 Å². The second-order valence-electron chi connectivity index (χ2n) is 3.91. The quantitative estimate of drug-likeness (QED) is 0.851. The van der Waals surface area contributed by atoms with E-state index in [2.05, 4.69) is 22.6 Å². The van der Waals surface area contributed by atoms with Crippen molar-refractivity contribution in [2.24, 2.45) is 5.73 Å². The first-order valence-electron chi connectivity index (χ1n) is 5.54. The molecular weight excluding hydrogens is 344 g/mol. The third kappa shape index (κ3) is 3.68. The summed E-state index contributed by atoms with van der Waals surface area (Å²) in [6, 6.07) is 12.5. The lowest BCUT2D eigenvalue weighted by atomic mass is 10.2. The zero-order valence-electron chi connectivity index (χ0n) is 9.70. The Morgan fingerprint density at radius 3 is 2.44 bits per heavy atom. The van der Waals surface area contributed by atoms with Gasteiger partial charge in [-0.3, -0.25) is 0 Å². The molecule has 0 atom stereocenters. The van der Waals surface area contributed by atoms with Crippen molar-refractivity contribution in [1.29, 1.82) is 0 Å². The highest BCUT2D eigenvalue weighted by Crippen LogP contribution is 2.18. The van der Waals surface area contributed by atoms with Crippen molar-refractivity contribution >= 4 is 22.6 Å². The van der Waals surface area contributed by atoms with Crippen LogP contribution >= 0.6 is 22.6 Å². The van der Waals surface area contributed by atoms with Gasteiger partial charge in [0, 0.05) is 16.2 Å². The molecule has 94 valence electrons. The maximum atomic E-state index is 13.3. The molecule has 2 aromatic rings. The first-order chi connectivity index (χ1) is 8.67. The molecule has 4 heteroatoms. The second-order valence-corrected chi connectivity index (χ2v) is 5.16. The lowest BCUT2D eigenvalue weighted by Crippen LogP contribution is -2.00. The average Bonchev–Trinajstić information content (AvgIpc) is 2.37. The molecule has 0 aliphatic rings. The molecule has 0 saturated heterocycles. The van der Waals surface area contributed by atoms with E-state index in [1.165, 1.54) is 15.7 Å². The normalized spacial score (nSPS) is 10.4. The monoisotopic (exact) mass is 357 g/mol.